The van der Waals surface area contributed by atoms with E-state index in [1.54, 1.807) is 11.3 Å². The van der Waals surface area contributed by atoms with E-state index in [4.69, 9.17) is 0 Å². The van der Waals surface area contributed by atoms with E-state index in [9.17, 15) is 0 Å². The van der Waals surface area contributed by atoms with Crippen molar-refractivity contribution in [2.75, 3.05) is 0 Å². The summed E-state index contributed by atoms with van der Waals surface area (Å²) in [4.78, 5) is 0. The second-order valence-corrected chi connectivity index (χ2v) is 7.17. The number of piperidine rings is 1. The first kappa shape index (κ1) is 12.6. The Balaban J connectivity index is 0.000000963. The number of nitrogens with one attached hydrogen (secondary N) is 1. The summed E-state index contributed by atoms with van der Waals surface area (Å²) < 4.78 is 1.15. The van der Waals surface area contributed by atoms with Crippen LogP contribution in [0.5, 0.6) is 0 Å². The number of aromatic nitrogens is 2. The van der Waals surface area contributed by atoms with Crippen LogP contribution in [0.2, 0.25) is 0 Å². The van der Waals surface area contributed by atoms with Gasteiger partial charge in [-0.15, -0.1) is 22.6 Å². The van der Waals surface area contributed by atoms with Gasteiger partial charge in [-0.1, -0.05) is 23.1 Å². The zero-order valence-electron chi connectivity index (χ0n) is 9.18. The molecule has 0 aliphatic carbocycles. The fourth-order valence-corrected chi connectivity index (χ4v) is 4.98. The van der Waals surface area contributed by atoms with Gasteiger partial charge >= 0.3 is 0 Å². The number of hydrogen-bond acceptors (Lipinski definition) is 5. The van der Waals surface area contributed by atoms with E-state index in [1.165, 1.54) is 25.7 Å². The molecule has 16 heavy (non-hydrogen) atoms. The molecule has 2 bridgehead atoms. The minimum absolute atomic E-state index is 0. The van der Waals surface area contributed by atoms with Gasteiger partial charge in [0.15, 0.2) is 4.34 Å². The zero-order valence-corrected chi connectivity index (χ0v) is 11.6. The minimum atomic E-state index is 0. The maximum atomic E-state index is 4.19. The Bertz CT molecular complexity index is 346. The largest absolute Gasteiger partial charge is 0.311 e. The van der Waals surface area contributed by atoms with Crippen molar-refractivity contribution in [2.24, 2.45) is 0 Å². The number of rotatable bonds is 2. The van der Waals surface area contributed by atoms with Gasteiger partial charge in [0, 0.05) is 17.3 Å². The number of thioether (sulfide) groups is 1. The predicted octanol–water partition coefficient (Wildman–Crippen LogP) is 2.64. The molecule has 2 atom stereocenters. The molecule has 3 heterocycles. The maximum absolute atomic E-state index is 4.19. The molecule has 2 aliphatic rings. The van der Waals surface area contributed by atoms with E-state index in [-0.39, 0.29) is 12.4 Å². The monoisotopic (exact) mass is 277 g/mol. The molecule has 0 saturated carbocycles. The summed E-state index contributed by atoms with van der Waals surface area (Å²) in [5.41, 5.74) is 0. The summed E-state index contributed by atoms with van der Waals surface area (Å²) in [5, 5.41) is 13.8. The molecular weight excluding hydrogens is 262 g/mol. The Morgan fingerprint density at radius 3 is 2.50 bits per heavy atom. The lowest BCUT2D eigenvalue weighted by molar-refractivity contribution is 0.415. The first-order chi connectivity index (χ1) is 7.29. The van der Waals surface area contributed by atoms with E-state index in [1.807, 2.05) is 18.7 Å². The lowest BCUT2D eigenvalue weighted by Gasteiger charge is -2.27. The van der Waals surface area contributed by atoms with Gasteiger partial charge in [-0.05, 0) is 32.6 Å². The van der Waals surface area contributed by atoms with Crippen molar-refractivity contribution < 1.29 is 0 Å². The van der Waals surface area contributed by atoms with Gasteiger partial charge in [-0.25, -0.2) is 0 Å². The molecule has 2 saturated heterocycles. The van der Waals surface area contributed by atoms with Crippen molar-refractivity contribution in [2.45, 2.75) is 54.3 Å². The van der Waals surface area contributed by atoms with Crippen LogP contribution in [0.25, 0.3) is 0 Å². The van der Waals surface area contributed by atoms with Crippen LogP contribution in [-0.2, 0) is 0 Å². The molecule has 0 radical (unpaired) electrons. The topological polar surface area (TPSA) is 37.8 Å². The van der Waals surface area contributed by atoms with Crippen molar-refractivity contribution in [3.05, 3.63) is 5.01 Å². The molecule has 0 spiro atoms. The number of hydrogen-bond donors (Lipinski definition) is 1. The highest BCUT2D eigenvalue weighted by Crippen LogP contribution is 2.37. The summed E-state index contributed by atoms with van der Waals surface area (Å²) in [7, 11) is 0. The Kier molecular flexibility index (Phi) is 4.11. The predicted molar refractivity (Wildman–Crippen MR) is 70.7 cm³/mol. The second-order valence-electron chi connectivity index (χ2n) is 4.44. The Hall–Kier alpha value is 0.160. The molecule has 3 nitrogen and oxygen atoms in total. The molecule has 2 unspecified atom stereocenters. The first-order valence-corrected chi connectivity index (χ1v) is 7.22. The van der Waals surface area contributed by atoms with Crippen molar-refractivity contribution in [1.29, 1.82) is 0 Å². The van der Waals surface area contributed by atoms with Gasteiger partial charge in [0.2, 0.25) is 0 Å². The molecule has 0 aromatic carbocycles. The third kappa shape index (κ3) is 2.70. The van der Waals surface area contributed by atoms with Crippen molar-refractivity contribution >= 4 is 35.5 Å². The number of halogens is 1. The Morgan fingerprint density at radius 2 is 1.94 bits per heavy atom. The normalized spacial score (nSPS) is 32.4. The van der Waals surface area contributed by atoms with Gasteiger partial charge < -0.3 is 5.32 Å². The molecule has 1 N–H and O–H groups in total. The third-order valence-electron chi connectivity index (χ3n) is 3.20. The van der Waals surface area contributed by atoms with Crippen LogP contribution in [0.3, 0.4) is 0 Å². The first-order valence-electron chi connectivity index (χ1n) is 5.52. The van der Waals surface area contributed by atoms with E-state index >= 15 is 0 Å². The highest BCUT2D eigenvalue weighted by Gasteiger charge is 2.34. The fourth-order valence-electron chi connectivity index (χ4n) is 2.57. The Labute approximate surface area is 110 Å². The summed E-state index contributed by atoms with van der Waals surface area (Å²) in [6, 6.07) is 1.55. The van der Waals surface area contributed by atoms with Gasteiger partial charge in [-0.2, -0.15) is 0 Å². The smallest absolute Gasteiger partial charge is 0.174 e. The summed E-state index contributed by atoms with van der Waals surface area (Å²) in [5.74, 6) is 0. The van der Waals surface area contributed by atoms with Crippen LogP contribution < -0.4 is 5.32 Å². The van der Waals surface area contributed by atoms with Gasteiger partial charge in [0.1, 0.15) is 5.01 Å². The highest BCUT2D eigenvalue weighted by molar-refractivity contribution is 8.01. The molecule has 1 aromatic rings. The molecule has 1 aromatic heterocycles. The average Bonchev–Trinajstić information content (AvgIpc) is 2.74. The zero-order chi connectivity index (χ0) is 10.3. The van der Waals surface area contributed by atoms with Crippen molar-refractivity contribution in [3.63, 3.8) is 0 Å². The van der Waals surface area contributed by atoms with Crippen LogP contribution in [0.1, 0.15) is 30.7 Å². The Morgan fingerprint density at radius 1 is 1.25 bits per heavy atom. The number of fused-ring (bicyclic) bond motifs is 2. The number of aryl methyl sites for hydroxylation is 1. The van der Waals surface area contributed by atoms with E-state index in [0.717, 1.165) is 26.7 Å². The molecule has 0 amide bonds. The van der Waals surface area contributed by atoms with Crippen LogP contribution in [0.15, 0.2) is 4.34 Å². The molecular formula is C10H16ClN3S2. The van der Waals surface area contributed by atoms with Crippen LogP contribution in [0, 0.1) is 6.92 Å². The van der Waals surface area contributed by atoms with Crippen LogP contribution in [-0.4, -0.2) is 27.5 Å². The third-order valence-corrected chi connectivity index (χ3v) is 5.38. The summed E-state index contributed by atoms with van der Waals surface area (Å²) in [6.45, 7) is 2.02. The van der Waals surface area contributed by atoms with Crippen molar-refractivity contribution in [1.82, 2.24) is 15.5 Å². The molecule has 3 rings (SSSR count). The van der Waals surface area contributed by atoms with E-state index < -0.39 is 0 Å². The quantitative estimate of drug-likeness (QED) is 0.902. The lowest BCUT2D eigenvalue weighted by atomic mass is 10.1. The molecule has 2 aliphatic heterocycles. The molecule has 2 fully saturated rings. The fraction of sp³-hybridized carbons (Fsp3) is 0.800. The van der Waals surface area contributed by atoms with Crippen LogP contribution >= 0.6 is 35.5 Å². The second kappa shape index (κ2) is 5.21. The standard InChI is InChI=1S/C10H15N3S2.ClH/c1-6-12-13-10(14-6)15-9-4-7-2-3-8(5-9)11-7;/h7-9,11H,2-5H2,1H3;1H. The SMILES string of the molecule is Cc1nnc(SC2CC3CCC(C2)N3)s1.Cl. The summed E-state index contributed by atoms with van der Waals surface area (Å²) >= 11 is 3.66. The molecule has 6 heteroatoms. The number of nitrogens with zero attached hydrogens (tertiary/aromatic N) is 2. The lowest BCUT2D eigenvalue weighted by Crippen LogP contribution is -2.39. The molecule has 90 valence electrons. The van der Waals surface area contributed by atoms with Crippen molar-refractivity contribution in [3.8, 4) is 0 Å². The minimum Gasteiger partial charge on any atom is -0.311 e. The van der Waals surface area contributed by atoms with Crippen LogP contribution in [0.4, 0.5) is 0 Å². The van der Waals surface area contributed by atoms with E-state index in [2.05, 4.69) is 15.5 Å². The maximum Gasteiger partial charge on any atom is 0.174 e. The van der Waals surface area contributed by atoms with Gasteiger partial charge in [-0.3, -0.25) is 0 Å². The van der Waals surface area contributed by atoms with Gasteiger partial charge in [0.25, 0.3) is 0 Å². The van der Waals surface area contributed by atoms with E-state index in [0.29, 0.717) is 0 Å². The highest BCUT2D eigenvalue weighted by atomic mass is 35.5. The average molecular weight is 278 g/mol. The van der Waals surface area contributed by atoms with Gasteiger partial charge in [0.05, 0.1) is 0 Å². The summed E-state index contributed by atoms with van der Waals surface area (Å²) in [6.07, 6.45) is 5.35.